The first-order valence-electron chi connectivity index (χ1n) is 4.31. The van der Waals surface area contributed by atoms with Gasteiger partial charge < -0.3 is 14.9 Å². The molecule has 1 atom stereocenters. The molecule has 0 heterocycles. The van der Waals surface area contributed by atoms with E-state index in [1.165, 1.54) is 19.2 Å². The number of benzene rings is 1. The number of para-hydroxylation sites is 1. The molecule has 80 valence electrons. The average Bonchev–Trinajstić information content (AvgIpc) is 2.26. The molecule has 1 rings (SSSR count). The highest BCUT2D eigenvalue weighted by Gasteiger charge is 2.20. The summed E-state index contributed by atoms with van der Waals surface area (Å²) in [6.45, 7) is 3.41. The van der Waals surface area contributed by atoms with E-state index in [1.54, 1.807) is 12.1 Å². The minimum absolute atomic E-state index is 0.0879. The van der Waals surface area contributed by atoms with Crippen molar-refractivity contribution < 1.29 is 19.7 Å². The Morgan fingerprint density at radius 1 is 1.47 bits per heavy atom. The Labute approximate surface area is 87.4 Å². The maximum Gasteiger partial charge on any atom is 0.336 e. The highest BCUT2D eigenvalue weighted by Crippen LogP contribution is 2.28. The van der Waals surface area contributed by atoms with Gasteiger partial charge in [-0.2, -0.15) is 0 Å². The summed E-state index contributed by atoms with van der Waals surface area (Å²) in [5, 5.41) is 19.1. The SMILES string of the molecule is C=C(C(=O)OC)C(O)c1ccccc1O. The summed E-state index contributed by atoms with van der Waals surface area (Å²) in [6.07, 6.45) is -1.25. The molecule has 15 heavy (non-hydrogen) atoms. The number of ether oxygens (including phenoxy) is 1. The van der Waals surface area contributed by atoms with Gasteiger partial charge in [0.15, 0.2) is 0 Å². The van der Waals surface area contributed by atoms with Crippen LogP contribution in [0.25, 0.3) is 0 Å². The first-order valence-corrected chi connectivity index (χ1v) is 4.31. The predicted octanol–water partition coefficient (Wildman–Crippen LogP) is 1.15. The summed E-state index contributed by atoms with van der Waals surface area (Å²) in [4.78, 5) is 11.1. The summed E-state index contributed by atoms with van der Waals surface area (Å²) in [5.74, 6) is -0.791. The van der Waals surface area contributed by atoms with Gasteiger partial charge in [-0.1, -0.05) is 24.8 Å². The highest BCUT2D eigenvalue weighted by molar-refractivity contribution is 5.89. The second kappa shape index (κ2) is 4.61. The largest absolute Gasteiger partial charge is 0.508 e. The minimum Gasteiger partial charge on any atom is -0.508 e. The van der Waals surface area contributed by atoms with Crippen molar-refractivity contribution in [1.82, 2.24) is 0 Å². The monoisotopic (exact) mass is 208 g/mol. The smallest absolute Gasteiger partial charge is 0.336 e. The molecule has 0 aliphatic rings. The number of esters is 1. The third-order valence-corrected chi connectivity index (χ3v) is 2.01. The number of rotatable bonds is 3. The summed E-state index contributed by atoms with van der Waals surface area (Å²) >= 11 is 0. The topological polar surface area (TPSA) is 66.8 Å². The van der Waals surface area contributed by atoms with Crippen molar-refractivity contribution in [3.63, 3.8) is 0 Å². The van der Waals surface area contributed by atoms with Gasteiger partial charge >= 0.3 is 5.97 Å². The number of methoxy groups -OCH3 is 1. The van der Waals surface area contributed by atoms with Crippen LogP contribution in [0.15, 0.2) is 36.4 Å². The van der Waals surface area contributed by atoms with Crippen LogP contribution < -0.4 is 0 Å². The lowest BCUT2D eigenvalue weighted by atomic mass is 10.0. The molecule has 0 fully saturated rings. The van der Waals surface area contributed by atoms with Crippen LogP contribution in [0.4, 0.5) is 0 Å². The van der Waals surface area contributed by atoms with Crippen molar-refractivity contribution in [2.24, 2.45) is 0 Å². The number of carbonyl (C=O) groups excluding carboxylic acids is 1. The second-order valence-electron chi connectivity index (χ2n) is 2.98. The Bertz CT molecular complexity index is 384. The molecule has 1 unspecified atom stereocenters. The Kier molecular flexibility index (Phi) is 3.46. The van der Waals surface area contributed by atoms with Gasteiger partial charge in [-0.05, 0) is 6.07 Å². The summed E-state index contributed by atoms with van der Waals surface area (Å²) < 4.78 is 4.41. The van der Waals surface area contributed by atoms with Crippen molar-refractivity contribution in [3.8, 4) is 5.75 Å². The van der Waals surface area contributed by atoms with Crippen molar-refractivity contribution in [1.29, 1.82) is 0 Å². The molecule has 4 heteroatoms. The number of aliphatic hydroxyl groups excluding tert-OH is 1. The molecule has 2 N–H and O–H groups in total. The predicted molar refractivity (Wildman–Crippen MR) is 54.2 cm³/mol. The molecule has 0 amide bonds. The van der Waals surface area contributed by atoms with E-state index in [4.69, 9.17) is 0 Å². The van der Waals surface area contributed by atoms with Crippen molar-refractivity contribution in [3.05, 3.63) is 42.0 Å². The molecular formula is C11H12O4. The Hall–Kier alpha value is -1.81. The van der Waals surface area contributed by atoms with Crippen molar-refractivity contribution >= 4 is 5.97 Å². The van der Waals surface area contributed by atoms with E-state index in [2.05, 4.69) is 11.3 Å². The molecule has 1 aromatic carbocycles. The van der Waals surface area contributed by atoms with Gasteiger partial charge in [-0.15, -0.1) is 0 Å². The lowest BCUT2D eigenvalue weighted by molar-refractivity contribution is -0.137. The van der Waals surface area contributed by atoms with Crippen LogP contribution >= 0.6 is 0 Å². The van der Waals surface area contributed by atoms with Crippen molar-refractivity contribution in [2.45, 2.75) is 6.10 Å². The number of hydrogen-bond acceptors (Lipinski definition) is 4. The van der Waals surface area contributed by atoms with Gasteiger partial charge in [0.2, 0.25) is 0 Å². The lowest BCUT2D eigenvalue weighted by Crippen LogP contribution is -2.12. The van der Waals surface area contributed by atoms with Gasteiger partial charge in [-0.25, -0.2) is 4.79 Å². The molecule has 0 spiro atoms. The number of aromatic hydroxyl groups is 1. The number of carbonyl (C=O) groups is 1. The third kappa shape index (κ3) is 2.35. The summed E-state index contributed by atoms with van der Waals surface area (Å²) in [5.41, 5.74) is 0.118. The summed E-state index contributed by atoms with van der Waals surface area (Å²) in [7, 11) is 1.20. The number of aliphatic hydroxyl groups is 1. The Morgan fingerprint density at radius 2 is 2.07 bits per heavy atom. The van der Waals surface area contributed by atoms with Crippen LogP contribution in [0.1, 0.15) is 11.7 Å². The van der Waals surface area contributed by atoms with Crippen LogP contribution in [0, 0.1) is 0 Å². The fraction of sp³-hybridized carbons (Fsp3) is 0.182. The molecule has 0 saturated heterocycles. The van der Waals surface area contributed by atoms with Crippen LogP contribution in [0.5, 0.6) is 5.75 Å². The zero-order valence-corrected chi connectivity index (χ0v) is 8.30. The van der Waals surface area contributed by atoms with Crippen LogP contribution in [0.2, 0.25) is 0 Å². The molecule has 4 nitrogen and oxygen atoms in total. The quantitative estimate of drug-likeness (QED) is 0.577. The van der Waals surface area contributed by atoms with Gasteiger partial charge in [0, 0.05) is 5.56 Å². The van der Waals surface area contributed by atoms with E-state index < -0.39 is 12.1 Å². The maximum atomic E-state index is 11.1. The maximum absolute atomic E-state index is 11.1. The number of phenols is 1. The molecule has 1 aromatic rings. The molecule has 0 saturated carbocycles. The summed E-state index contributed by atoms with van der Waals surface area (Å²) in [6, 6.07) is 6.19. The zero-order valence-electron chi connectivity index (χ0n) is 8.30. The first-order chi connectivity index (χ1) is 7.07. The second-order valence-corrected chi connectivity index (χ2v) is 2.98. The van der Waals surface area contributed by atoms with E-state index in [9.17, 15) is 15.0 Å². The Balaban J connectivity index is 2.95. The fourth-order valence-corrected chi connectivity index (χ4v) is 1.15. The molecular weight excluding hydrogens is 196 g/mol. The van der Waals surface area contributed by atoms with E-state index in [-0.39, 0.29) is 16.9 Å². The van der Waals surface area contributed by atoms with E-state index >= 15 is 0 Å². The van der Waals surface area contributed by atoms with E-state index in [0.29, 0.717) is 0 Å². The molecule has 0 aliphatic heterocycles. The van der Waals surface area contributed by atoms with Gasteiger partial charge in [-0.3, -0.25) is 0 Å². The van der Waals surface area contributed by atoms with Crippen LogP contribution in [0.3, 0.4) is 0 Å². The first kappa shape index (κ1) is 11.3. The average molecular weight is 208 g/mol. The van der Waals surface area contributed by atoms with Crippen molar-refractivity contribution in [2.75, 3.05) is 7.11 Å². The highest BCUT2D eigenvalue weighted by atomic mass is 16.5. The Morgan fingerprint density at radius 3 is 2.60 bits per heavy atom. The standard InChI is InChI=1S/C11H12O4/c1-7(11(14)15-2)10(13)8-5-3-4-6-9(8)12/h3-6,10,12-13H,1H2,2H3. The van der Waals surface area contributed by atoms with Gasteiger partial charge in [0.1, 0.15) is 11.9 Å². The lowest BCUT2D eigenvalue weighted by Gasteiger charge is -2.13. The molecule has 0 aliphatic carbocycles. The van der Waals surface area contributed by atoms with Gasteiger partial charge in [0.25, 0.3) is 0 Å². The third-order valence-electron chi connectivity index (χ3n) is 2.01. The van der Waals surface area contributed by atoms with Crippen LogP contribution in [-0.2, 0) is 9.53 Å². The van der Waals surface area contributed by atoms with E-state index in [1.807, 2.05) is 0 Å². The normalized spacial score (nSPS) is 11.9. The molecule has 0 radical (unpaired) electrons. The number of hydrogen-bond donors (Lipinski definition) is 2. The number of phenolic OH excluding ortho intramolecular Hbond substituents is 1. The zero-order chi connectivity index (χ0) is 11.4. The molecule has 0 aromatic heterocycles. The van der Waals surface area contributed by atoms with Crippen LogP contribution in [-0.4, -0.2) is 23.3 Å². The van der Waals surface area contributed by atoms with E-state index in [0.717, 1.165) is 0 Å². The van der Waals surface area contributed by atoms with Gasteiger partial charge in [0.05, 0.1) is 12.7 Å². The molecule has 0 bridgehead atoms. The fourth-order valence-electron chi connectivity index (χ4n) is 1.15. The minimum atomic E-state index is -1.25.